The largest absolute Gasteiger partial charge is 0.366 e. The molecule has 102 valence electrons. The highest BCUT2D eigenvalue weighted by atomic mass is 32.1. The van der Waals surface area contributed by atoms with E-state index in [1.807, 2.05) is 37.2 Å². The average Bonchev–Trinajstić information content (AvgIpc) is 2.74. The Morgan fingerprint density at radius 1 is 1.47 bits per heavy atom. The summed E-state index contributed by atoms with van der Waals surface area (Å²) in [5.74, 6) is -0.246. The van der Waals surface area contributed by atoms with Gasteiger partial charge in [-0.25, -0.2) is 9.37 Å². The molecule has 2 rings (SSSR count). The van der Waals surface area contributed by atoms with Crippen molar-refractivity contribution >= 4 is 17.0 Å². The minimum Gasteiger partial charge on any atom is -0.366 e. The first-order valence-electron chi connectivity index (χ1n) is 6.14. The third kappa shape index (κ3) is 3.30. The molecule has 0 aliphatic carbocycles. The lowest BCUT2D eigenvalue weighted by Crippen LogP contribution is -2.18. The molecule has 1 atom stereocenters. The molecular formula is C14H18FN3S. The van der Waals surface area contributed by atoms with E-state index >= 15 is 0 Å². The van der Waals surface area contributed by atoms with E-state index in [1.54, 1.807) is 17.4 Å². The summed E-state index contributed by atoms with van der Waals surface area (Å²) in [6.07, 6.45) is 0. The summed E-state index contributed by atoms with van der Waals surface area (Å²) < 4.78 is 14.1. The Balaban J connectivity index is 2.17. The molecule has 19 heavy (non-hydrogen) atoms. The van der Waals surface area contributed by atoms with Crippen molar-refractivity contribution in [1.82, 2.24) is 4.98 Å². The molecule has 0 bridgehead atoms. The molecule has 0 amide bonds. The maximum Gasteiger partial charge on any atom is 0.146 e. The Morgan fingerprint density at radius 3 is 2.74 bits per heavy atom. The Morgan fingerprint density at radius 2 is 2.21 bits per heavy atom. The number of aryl methyl sites for hydroxylation is 1. The monoisotopic (exact) mass is 279 g/mol. The maximum absolute atomic E-state index is 14.1. The van der Waals surface area contributed by atoms with Crippen LogP contribution in [0.4, 0.5) is 10.1 Å². The summed E-state index contributed by atoms with van der Waals surface area (Å²) >= 11 is 1.60. The Hall–Kier alpha value is -1.46. The Labute approximate surface area is 116 Å². The van der Waals surface area contributed by atoms with E-state index in [9.17, 15) is 4.39 Å². The van der Waals surface area contributed by atoms with E-state index < -0.39 is 0 Å². The van der Waals surface area contributed by atoms with Gasteiger partial charge in [-0.1, -0.05) is 6.07 Å². The smallest absolute Gasteiger partial charge is 0.146 e. The summed E-state index contributed by atoms with van der Waals surface area (Å²) in [5, 5.41) is 3.02. The van der Waals surface area contributed by atoms with Gasteiger partial charge in [-0.3, -0.25) is 0 Å². The van der Waals surface area contributed by atoms with Gasteiger partial charge in [0.15, 0.2) is 0 Å². The number of rotatable bonds is 4. The molecule has 0 saturated heterocycles. The van der Waals surface area contributed by atoms with Gasteiger partial charge in [-0.05, 0) is 31.5 Å². The molecule has 3 nitrogen and oxygen atoms in total. The average molecular weight is 279 g/mol. The molecule has 1 heterocycles. The standard InChI is InChI=1S/C14H18FN3S/c1-9(16)11-4-5-14(13(15)6-11)18(3)7-12-8-19-10(2)17-12/h4-6,8-9H,7,16H2,1-3H3. The minimum atomic E-state index is -0.246. The van der Waals surface area contributed by atoms with Crippen LogP contribution in [0.15, 0.2) is 23.6 Å². The fraction of sp³-hybridized carbons (Fsp3) is 0.357. The molecule has 0 spiro atoms. The second kappa shape index (κ2) is 5.67. The summed E-state index contributed by atoms with van der Waals surface area (Å²) in [4.78, 5) is 6.24. The van der Waals surface area contributed by atoms with Crippen molar-refractivity contribution in [1.29, 1.82) is 0 Å². The quantitative estimate of drug-likeness (QED) is 0.934. The highest BCUT2D eigenvalue weighted by Crippen LogP contribution is 2.23. The molecule has 2 N–H and O–H groups in total. The number of benzene rings is 1. The van der Waals surface area contributed by atoms with Crippen LogP contribution in [-0.4, -0.2) is 12.0 Å². The SMILES string of the molecule is Cc1nc(CN(C)c2ccc(C(C)N)cc2F)cs1. The zero-order chi connectivity index (χ0) is 14.0. The molecule has 0 radical (unpaired) electrons. The fourth-order valence-corrected chi connectivity index (χ4v) is 2.53. The number of nitrogens with zero attached hydrogens (tertiary/aromatic N) is 2. The first kappa shape index (κ1) is 14.0. The molecule has 0 saturated carbocycles. The third-order valence-electron chi connectivity index (χ3n) is 2.97. The van der Waals surface area contributed by atoms with Gasteiger partial charge in [0.2, 0.25) is 0 Å². The first-order chi connectivity index (χ1) is 8.97. The van der Waals surface area contributed by atoms with Gasteiger partial charge in [0.05, 0.1) is 22.9 Å². The summed E-state index contributed by atoms with van der Waals surface area (Å²) in [5.41, 5.74) is 8.07. The summed E-state index contributed by atoms with van der Waals surface area (Å²) in [7, 11) is 1.86. The van der Waals surface area contributed by atoms with Gasteiger partial charge in [0.25, 0.3) is 0 Å². The number of hydrogen-bond acceptors (Lipinski definition) is 4. The van der Waals surface area contributed by atoms with Gasteiger partial charge >= 0.3 is 0 Å². The predicted molar refractivity (Wildman–Crippen MR) is 78.0 cm³/mol. The highest BCUT2D eigenvalue weighted by molar-refractivity contribution is 7.09. The second-order valence-electron chi connectivity index (χ2n) is 4.71. The molecule has 2 aromatic rings. The molecule has 1 aromatic heterocycles. The van der Waals surface area contributed by atoms with Crippen molar-refractivity contribution in [3.63, 3.8) is 0 Å². The fourth-order valence-electron chi connectivity index (χ4n) is 1.92. The van der Waals surface area contributed by atoms with Crippen LogP contribution in [0, 0.1) is 12.7 Å². The van der Waals surface area contributed by atoms with Crippen LogP contribution in [0.5, 0.6) is 0 Å². The third-order valence-corrected chi connectivity index (χ3v) is 3.80. The second-order valence-corrected chi connectivity index (χ2v) is 5.78. The number of nitrogens with two attached hydrogens (primary N) is 1. The molecule has 1 unspecified atom stereocenters. The Kier molecular flexibility index (Phi) is 4.17. The first-order valence-corrected chi connectivity index (χ1v) is 7.02. The minimum absolute atomic E-state index is 0.157. The van der Waals surface area contributed by atoms with Gasteiger partial charge in [-0.2, -0.15) is 0 Å². The van der Waals surface area contributed by atoms with Crippen LogP contribution in [0.3, 0.4) is 0 Å². The summed E-state index contributed by atoms with van der Waals surface area (Å²) in [6.45, 7) is 4.40. The van der Waals surface area contributed by atoms with Crippen LogP contribution >= 0.6 is 11.3 Å². The van der Waals surface area contributed by atoms with Crippen LogP contribution < -0.4 is 10.6 Å². The lowest BCUT2D eigenvalue weighted by molar-refractivity contribution is 0.616. The number of thiazole rings is 1. The van der Waals surface area contributed by atoms with Crippen LogP contribution in [0.1, 0.15) is 29.2 Å². The maximum atomic E-state index is 14.1. The van der Waals surface area contributed by atoms with Gasteiger partial charge in [0, 0.05) is 18.5 Å². The van der Waals surface area contributed by atoms with Crippen molar-refractivity contribution in [3.05, 3.63) is 45.7 Å². The van der Waals surface area contributed by atoms with Crippen molar-refractivity contribution in [3.8, 4) is 0 Å². The normalized spacial score (nSPS) is 12.5. The van der Waals surface area contributed by atoms with Crippen molar-refractivity contribution < 1.29 is 4.39 Å². The summed E-state index contributed by atoms with van der Waals surface area (Å²) in [6, 6.07) is 4.98. The number of hydrogen-bond donors (Lipinski definition) is 1. The van der Waals surface area contributed by atoms with Crippen LogP contribution in [0.25, 0.3) is 0 Å². The van der Waals surface area contributed by atoms with E-state index in [-0.39, 0.29) is 11.9 Å². The predicted octanol–water partition coefficient (Wildman–Crippen LogP) is 3.25. The van der Waals surface area contributed by atoms with E-state index in [0.717, 1.165) is 16.3 Å². The molecule has 0 fully saturated rings. The number of halogens is 1. The zero-order valence-electron chi connectivity index (χ0n) is 11.4. The topological polar surface area (TPSA) is 42.2 Å². The highest BCUT2D eigenvalue weighted by Gasteiger charge is 2.11. The number of anilines is 1. The van der Waals surface area contributed by atoms with Crippen molar-refractivity contribution in [2.45, 2.75) is 26.4 Å². The van der Waals surface area contributed by atoms with Gasteiger partial charge in [-0.15, -0.1) is 11.3 Å². The lowest BCUT2D eigenvalue weighted by Gasteiger charge is -2.19. The zero-order valence-corrected chi connectivity index (χ0v) is 12.2. The van der Waals surface area contributed by atoms with E-state index in [4.69, 9.17) is 5.73 Å². The van der Waals surface area contributed by atoms with Crippen LogP contribution in [0.2, 0.25) is 0 Å². The molecule has 0 aliphatic heterocycles. The van der Waals surface area contributed by atoms with Crippen molar-refractivity contribution in [2.24, 2.45) is 5.73 Å². The van der Waals surface area contributed by atoms with E-state index in [1.165, 1.54) is 6.07 Å². The van der Waals surface area contributed by atoms with Crippen LogP contribution in [-0.2, 0) is 6.54 Å². The van der Waals surface area contributed by atoms with Gasteiger partial charge < -0.3 is 10.6 Å². The Bertz CT molecular complexity index is 566. The molecule has 5 heteroatoms. The van der Waals surface area contributed by atoms with E-state index in [2.05, 4.69) is 4.98 Å². The van der Waals surface area contributed by atoms with Gasteiger partial charge in [0.1, 0.15) is 5.82 Å². The lowest BCUT2D eigenvalue weighted by atomic mass is 10.1. The molecule has 1 aromatic carbocycles. The molecule has 0 aliphatic rings. The molecular weight excluding hydrogens is 261 g/mol. The van der Waals surface area contributed by atoms with E-state index in [0.29, 0.717) is 12.2 Å². The van der Waals surface area contributed by atoms with Crippen molar-refractivity contribution in [2.75, 3.05) is 11.9 Å². The number of aromatic nitrogens is 1.